The molecule has 0 radical (unpaired) electrons. The average Bonchev–Trinajstić information content (AvgIpc) is 2.98. The van der Waals surface area contributed by atoms with Gasteiger partial charge in [0.15, 0.2) is 17.6 Å². The Kier molecular flexibility index (Phi) is 4.97. The van der Waals surface area contributed by atoms with Crippen molar-refractivity contribution in [3.8, 4) is 11.5 Å². The highest BCUT2D eigenvalue weighted by Crippen LogP contribution is 2.30. The number of ether oxygens (including phenoxy) is 2. The molecule has 2 heterocycles. The lowest BCUT2D eigenvalue weighted by atomic mass is 10.2. The van der Waals surface area contributed by atoms with Crippen LogP contribution in [-0.4, -0.2) is 36.8 Å². The summed E-state index contributed by atoms with van der Waals surface area (Å²) in [6, 6.07) is 7.31. The minimum atomic E-state index is -0.209. The third-order valence-corrected chi connectivity index (χ3v) is 4.21. The highest BCUT2D eigenvalue weighted by Gasteiger charge is 2.20. The van der Waals surface area contributed by atoms with Crippen molar-refractivity contribution in [2.24, 2.45) is 0 Å². The zero-order valence-electron chi connectivity index (χ0n) is 12.9. The van der Waals surface area contributed by atoms with Crippen LogP contribution in [0.3, 0.4) is 0 Å². The third kappa shape index (κ3) is 4.35. The molecule has 7 heteroatoms. The molecule has 1 aromatic heterocycles. The Labute approximate surface area is 138 Å². The van der Waals surface area contributed by atoms with Crippen molar-refractivity contribution in [1.29, 1.82) is 0 Å². The van der Waals surface area contributed by atoms with Gasteiger partial charge in [0, 0.05) is 18.3 Å². The predicted molar refractivity (Wildman–Crippen MR) is 88.3 cm³/mol. The Morgan fingerprint density at radius 1 is 1.35 bits per heavy atom. The molecule has 1 aromatic carbocycles. The van der Waals surface area contributed by atoms with Gasteiger partial charge in [0.1, 0.15) is 6.61 Å². The van der Waals surface area contributed by atoms with Crippen LogP contribution in [0.15, 0.2) is 29.6 Å². The van der Waals surface area contributed by atoms with Crippen LogP contribution in [0.4, 0.5) is 4.79 Å². The van der Waals surface area contributed by atoms with E-state index >= 15 is 0 Å². The molecule has 0 fully saturated rings. The molecule has 0 saturated heterocycles. The molecule has 0 unspecified atom stereocenters. The molecule has 6 nitrogen and oxygen atoms in total. The first-order valence-electron chi connectivity index (χ1n) is 7.52. The number of nitrogens with zero attached hydrogens (tertiary/aromatic N) is 1. The van der Waals surface area contributed by atoms with Crippen molar-refractivity contribution >= 4 is 17.4 Å². The Morgan fingerprint density at radius 3 is 2.96 bits per heavy atom. The monoisotopic (exact) mass is 333 g/mol. The Bertz CT molecular complexity index is 674. The number of hydrogen-bond donors (Lipinski definition) is 2. The number of rotatable bonds is 5. The highest BCUT2D eigenvalue weighted by atomic mass is 32.1. The zero-order chi connectivity index (χ0) is 16.1. The van der Waals surface area contributed by atoms with Crippen LogP contribution in [-0.2, 0) is 6.42 Å². The van der Waals surface area contributed by atoms with Gasteiger partial charge in [0.25, 0.3) is 0 Å². The van der Waals surface area contributed by atoms with Crippen molar-refractivity contribution in [2.45, 2.75) is 19.4 Å². The SMILES string of the molecule is Cc1nc(CCNC(=O)NC[C@H]2COc3ccccc3O2)cs1. The van der Waals surface area contributed by atoms with Crippen molar-refractivity contribution < 1.29 is 14.3 Å². The summed E-state index contributed by atoms with van der Waals surface area (Å²) in [4.78, 5) is 16.1. The summed E-state index contributed by atoms with van der Waals surface area (Å²) in [7, 11) is 0. The second-order valence-corrected chi connectivity index (χ2v) is 6.30. The number of carbonyl (C=O) groups excluding carboxylic acids is 1. The molecule has 2 N–H and O–H groups in total. The maximum Gasteiger partial charge on any atom is 0.314 e. The number of para-hydroxylation sites is 2. The topological polar surface area (TPSA) is 72.5 Å². The number of carbonyl (C=O) groups is 1. The summed E-state index contributed by atoms with van der Waals surface area (Å²) in [6.07, 6.45) is 0.547. The molecule has 122 valence electrons. The molecule has 0 aliphatic carbocycles. The van der Waals surface area contributed by atoms with Crippen LogP contribution in [0.5, 0.6) is 11.5 Å². The number of benzene rings is 1. The summed E-state index contributed by atoms with van der Waals surface area (Å²) in [5.41, 5.74) is 1.01. The molecule has 0 bridgehead atoms. The van der Waals surface area contributed by atoms with Crippen molar-refractivity contribution in [3.05, 3.63) is 40.3 Å². The summed E-state index contributed by atoms with van der Waals surface area (Å²) in [5.74, 6) is 1.46. The van der Waals surface area contributed by atoms with Gasteiger partial charge < -0.3 is 20.1 Å². The predicted octanol–water partition coefficient (Wildman–Crippen LogP) is 2.13. The van der Waals surface area contributed by atoms with E-state index < -0.39 is 0 Å². The van der Waals surface area contributed by atoms with E-state index in [-0.39, 0.29) is 12.1 Å². The fraction of sp³-hybridized carbons (Fsp3) is 0.375. The van der Waals surface area contributed by atoms with Crippen LogP contribution < -0.4 is 20.1 Å². The normalized spacial score (nSPS) is 16.0. The Balaban J connectivity index is 1.36. The summed E-state index contributed by atoms with van der Waals surface area (Å²) in [6.45, 7) is 3.35. The van der Waals surface area contributed by atoms with Crippen LogP contribution in [0.25, 0.3) is 0 Å². The number of nitrogens with one attached hydrogen (secondary N) is 2. The Hall–Kier alpha value is -2.28. The maximum atomic E-state index is 11.8. The fourth-order valence-corrected chi connectivity index (χ4v) is 2.91. The fourth-order valence-electron chi connectivity index (χ4n) is 2.26. The molecule has 0 spiro atoms. The first-order valence-corrected chi connectivity index (χ1v) is 8.40. The standard InChI is InChI=1S/C16H19N3O3S/c1-11-19-12(10-23-11)6-7-17-16(20)18-8-13-9-21-14-4-2-3-5-15(14)22-13/h2-5,10,13H,6-9H2,1H3,(H2,17,18,20)/t13-/m0/s1. The van der Waals surface area contributed by atoms with Gasteiger partial charge in [-0.3, -0.25) is 0 Å². The third-order valence-electron chi connectivity index (χ3n) is 3.39. The second kappa shape index (κ2) is 7.32. The van der Waals surface area contributed by atoms with Crippen molar-refractivity contribution in [1.82, 2.24) is 15.6 Å². The van der Waals surface area contributed by atoms with Gasteiger partial charge in [0.2, 0.25) is 0 Å². The molecule has 1 atom stereocenters. The minimum Gasteiger partial charge on any atom is -0.486 e. The lowest BCUT2D eigenvalue weighted by Gasteiger charge is -2.26. The molecule has 2 amide bonds. The van der Waals surface area contributed by atoms with Crippen molar-refractivity contribution in [2.75, 3.05) is 19.7 Å². The number of aryl methyl sites for hydroxylation is 1. The summed E-state index contributed by atoms with van der Waals surface area (Å²) in [5, 5.41) is 8.67. The lowest BCUT2D eigenvalue weighted by Crippen LogP contribution is -2.44. The average molecular weight is 333 g/mol. The minimum absolute atomic E-state index is 0.183. The molecule has 2 aromatic rings. The molecular weight excluding hydrogens is 314 g/mol. The van der Waals surface area contributed by atoms with E-state index in [0.29, 0.717) is 25.4 Å². The number of hydrogen-bond acceptors (Lipinski definition) is 5. The van der Waals surface area contributed by atoms with Gasteiger partial charge in [-0.15, -0.1) is 11.3 Å². The second-order valence-electron chi connectivity index (χ2n) is 5.24. The van der Waals surface area contributed by atoms with Gasteiger partial charge in [-0.05, 0) is 19.1 Å². The van der Waals surface area contributed by atoms with Crippen molar-refractivity contribution in [3.63, 3.8) is 0 Å². The summed E-state index contributed by atoms with van der Waals surface area (Å²) < 4.78 is 11.4. The Morgan fingerprint density at radius 2 is 2.17 bits per heavy atom. The van der Waals surface area contributed by atoms with E-state index in [0.717, 1.165) is 22.9 Å². The van der Waals surface area contributed by atoms with Crippen LogP contribution in [0.1, 0.15) is 10.7 Å². The molecule has 1 aliphatic heterocycles. The number of thiazole rings is 1. The number of urea groups is 1. The van der Waals surface area contributed by atoms with Gasteiger partial charge >= 0.3 is 6.03 Å². The molecule has 1 aliphatic rings. The molecule has 23 heavy (non-hydrogen) atoms. The van der Waals surface area contributed by atoms with Crippen LogP contribution >= 0.6 is 11.3 Å². The highest BCUT2D eigenvalue weighted by molar-refractivity contribution is 7.09. The quantitative estimate of drug-likeness (QED) is 0.879. The van der Waals surface area contributed by atoms with Gasteiger partial charge in [0.05, 0.1) is 17.2 Å². The number of aromatic nitrogens is 1. The largest absolute Gasteiger partial charge is 0.486 e. The van der Waals surface area contributed by atoms with Gasteiger partial charge in [-0.1, -0.05) is 12.1 Å². The zero-order valence-corrected chi connectivity index (χ0v) is 13.7. The van der Waals surface area contributed by atoms with Crippen LogP contribution in [0, 0.1) is 6.92 Å². The van der Waals surface area contributed by atoms with E-state index in [9.17, 15) is 4.79 Å². The van der Waals surface area contributed by atoms with E-state index in [2.05, 4.69) is 15.6 Å². The first-order chi connectivity index (χ1) is 11.2. The van der Waals surface area contributed by atoms with E-state index in [1.165, 1.54) is 0 Å². The molecule has 0 saturated carbocycles. The van der Waals surface area contributed by atoms with E-state index in [1.807, 2.05) is 36.6 Å². The molecular formula is C16H19N3O3S. The summed E-state index contributed by atoms with van der Waals surface area (Å²) >= 11 is 1.62. The molecule has 3 rings (SSSR count). The first kappa shape index (κ1) is 15.6. The maximum absolute atomic E-state index is 11.8. The van der Waals surface area contributed by atoms with Gasteiger partial charge in [-0.2, -0.15) is 0 Å². The van der Waals surface area contributed by atoms with Crippen LogP contribution in [0.2, 0.25) is 0 Å². The number of fused-ring (bicyclic) bond motifs is 1. The van der Waals surface area contributed by atoms with E-state index in [1.54, 1.807) is 11.3 Å². The van der Waals surface area contributed by atoms with E-state index in [4.69, 9.17) is 9.47 Å². The van der Waals surface area contributed by atoms with Gasteiger partial charge in [-0.25, -0.2) is 9.78 Å². The lowest BCUT2D eigenvalue weighted by molar-refractivity contribution is 0.0918. The smallest absolute Gasteiger partial charge is 0.314 e. The number of amides is 2.